The molecule has 0 aromatic heterocycles. The second kappa shape index (κ2) is 8.32. The minimum absolute atomic E-state index is 0.241. The number of hydrogen-bond donors (Lipinski definition) is 1. The minimum atomic E-state index is -3.59. The third-order valence-corrected chi connectivity index (χ3v) is 9.82. The summed E-state index contributed by atoms with van der Waals surface area (Å²) in [6, 6.07) is 12.3. The zero-order valence-electron chi connectivity index (χ0n) is 17.2. The van der Waals surface area contributed by atoms with Crippen LogP contribution in [0.4, 0.5) is 5.69 Å². The van der Waals surface area contributed by atoms with Crippen LogP contribution in [-0.2, 0) is 33.0 Å². The SMILES string of the molecule is Cc1ccc(S(=O)(=O)N2CCc3ccc(NS(=O)(=O)C4CCCCC4)cc3C2)cc1. The first-order chi connectivity index (χ1) is 14.3. The predicted octanol–water partition coefficient (Wildman–Crippen LogP) is 3.82. The Morgan fingerprint density at radius 1 is 0.900 bits per heavy atom. The molecule has 1 saturated carbocycles. The zero-order chi connectivity index (χ0) is 21.4. The third-order valence-electron chi connectivity index (χ3n) is 6.09. The van der Waals surface area contributed by atoms with Crippen molar-refractivity contribution < 1.29 is 16.8 Å². The fourth-order valence-electron chi connectivity index (χ4n) is 4.28. The Bertz CT molecular complexity index is 1120. The van der Waals surface area contributed by atoms with Crippen LogP contribution in [0.3, 0.4) is 0 Å². The number of aryl methyl sites for hydroxylation is 1. The van der Waals surface area contributed by atoms with Crippen LogP contribution in [0, 0.1) is 6.92 Å². The molecule has 0 amide bonds. The molecular weight excluding hydrogens is 420 g/mol. The molecule has 1 aliphatic carbocycles. The summed E-state index contributed by atoms with van der Waals surface area (Å²) in [6.45, 7) is 2.57. The van der Waals surface area contributed by atoms with Crippen LogP contribution in [0.25, 0.3) is 0 Å². The highest BCUT2D eigenvalue weighted by Gasteiger charge is 2.30. The van der Waals surface area contributed by atoms with E-state index in [4.69, 9.17) is 0 Å². The summed E-state index contributed by atoms with van der Waals surface area (Å²) in [5.41, 5.74) is 3.42. The van der Waals surface area contributed by atoms with E-state index in [-0.39, 0.29) is 16.7 Å². The van der Waals surface area contributed by atoms with E-state index in [1.807, 2.05) is 13.0 Å². The van der Waals surface area contributed by atoms with Gasteiger partial charge in [-0.1, -0.05) is 43.0 Å². The van der Waals surface area contributed by atoms with Crippen molar-refractivity contribution in [1.82, 2.24) is 4.31 Å². The van der Waals surface area contributed by atoms with Gasteiger partial charge in [0.05, 0.1) is 10.1 Å². The maximum absolute atomic E-state index is 13.0. The summed E-state index contributed by atoms with van der Waals surface area (Å²) in [5.74, 6) is 0. The van der Waals surface area contributed by atoms with Gasteiger partial charge in [0.25, 0.3) is 0 Å². The van der Waals surface area contributed by atoms with Crippen LogP contribution in [0.2, 0.25) is 0 Å². The van der Waals surface area contributed by atoms with Crippen molar-refractivity contribution in [3.05, 3.63) is 59.2 Å². The number of nitrogens with zero attached hydrogens (tertiary/aromatic N) is 1. The van der Waals surface area contributed by atoms with Crippen LogP contribution in [0.5, 0.6) is 0 Å². The van der Waals surface area contributed by atoms with Gasteiger partial charge < -0.3 is 0 Å². The second-order valence-corrected chi connectivity index (χ2v) is 12.2. The highest BCUT2D eigenvalue weighted by molar-refractivity contribution is 7.93. The third kappa shape index (κ3) is 4.40. The van der Waals surface area contributed by atoms with Crippen LogP contribution in [0.1, 0.15) is 48.8 Å². The van der Waals surface area contributed by atoms with E-state index in [1.165, 1.54) is 4.31 Å². The molecule has 6 nitrogen and oxygen atoms in total. The van der Waals surface area contributed by atoms with E-state index < -0.39 is 20.0 Å². The number of hydrogen-bond acceptors (Lipinski definition) is 4. The summed E-state index contributed by atoms with van der Waals surface area (Å²) >= 11 is 0. The van der Waals surface area contributed by atoms with Gasteiger partial charge in [0.2, 0.25) is 20.0 Å². The van der Waals surface area contributed by atoms with Gasteiger partial charge in [-0.15, -0.1) is 0 Å². The number of benzene rings is 2. The number of anilines is 1. The van der Waals surface area contributed by atoms with Crippen molar-refractivity contribution >= 4 is 25.7 Å². The van der Waals surface area contributed by atoms with Crippen molar-refractivity contribution in [2.24, 2.45) is 0 Å². The van der Waals surface area contributed by atoms with Gasteiger partial charge in [-0.05, 0) is 61.6 Å². The van der Waals surface area contributed by atoms with Gasteiger partial charge in [0, 0.05) is 18.8 Å². The van der Waals surface area contributed by atoms with Crippen molar-refractivity contribution in [2.45, 2.75) is 62.1 Å². The molecule has 1 fully saturated rings. The molecule has 162 valence electrons. The van der Waals surface area contributed by atoms with Crippen LogP contribution in [-0.4, -0.2) is 32.9 Å². The highest BCUT2D eigenvalue weighted by atomic mass is 32.2. The number of rotatable bonds is 5. The molecule has 0 radical (unpaired) electrons. The summed E-state index contributed by atoms with van der Waals surface area (Å²) in [7, 11) is -7.03. The maximum atomic E-state index is 13.0. The number of nitrogens with one attached hydrogen (secondary N) is 1. The Morgan fingerprint density at radius 3 is 2.30 bits per heavy atom. The molecule has 0 atom stereocenters. The lowest BCUT2D eigenvalue weighted by Gasteiger charge is -2.29. The highest BCUT2D eigenvalue weighted by Crippen LogP contribution is 2.29. The van der Waals surface area contributed by atoms with Crippen LogP contribution >= 0.6 is 0 Å². The topological polar surface area (TPSA) is 83.6 Å². The van der Waals surface area contributed by atoms with Gasteiger partial charge in [-0.3, -0.25) is 4.72 Å². The molecule has 1 aliphatic heterocycles. The molecule has 2 aromatic carbocycles. The average molecular weight is 449 g/mol. The normalized spacial score (nSPS) is 18.7. The molecule has 0 unspecified atom stereocenters. The van der Waals surface area contributed by atoms with E-state index >= 15 is 0 Å². The van der Waals surface area contributed by atoms with Crippen molar-refractivity contribution in [2.75, 3.05) is 11.3 Å². The Morgan fingerprint density at radius 2 is 1.60 bits per heavy atom. The van der Waals surface area contributed by atoms with Crippen molar-refractivity contribution in [3.8, 4) is 0 Å². The molecule has 0 bridgehead atoms. The average Bonchev–Trinajstić information content (AvgIpc) is 2.74. The minimum Gasteiger partial charge on any atom is -0.283 e. The first-order valence-electron chi connectivity index (χ1n) is 10.5. The molecule has 0 saturated heterocycles. The molecule has 2 aliphatic rings. The van der Waals surface area contributed by atoms with Crippen molar-refractivity contribution in [3.63, 3.8) is 0 Å². The molecular formula is C22H28N2O4S2. The van der Waals surface area contributed by atoms with Crippen LogP contribution < -0.4 is 4.72 Å². The second-order valence-electron chi connectivity index (χ2n) is 8.29. The maximum Gasteiger partial charge on any atom is 0.243 e. The molecule has 4 rings (SSSR count). The molecule has 2 aromatic rings. The standard InChI is InChI=1S/C22H28N2O4S2/c1-17-7-11-22(12-8-17)30(27,28)24-14-13-18-9-10-20(15-19(18)16-24)23-29(25,26)21-5-3-2-4-6-21/h7-12,15,21,23H,2-6,13-14,16H2,1H3. The lowest BCUT2D eigenvalue weighted by atomic mass is 10.0. The smallest absolute Gasteiger partial charge is 0.243 e. The lowest BCUT2D eigenvalue weighted by Crippen LogP contribution is -2.36. The van der Waals surface area contributed by atoms with E-state index in [2.05, 4.69) is 4.72 Å². The summed E-state index contributed by atoms with van der Waals surface area (Å²) in [6.07, 6.45) is 4.99. The number of sulfonamides is 2. The predicted molar refractivity (Wildman–Crippen MR) is 118 cm³/mol. The summed E-state index contributed by atoms with van der Waals surface area (Å²) in [4.78, 5) is 0.283. The van der Waals surface area contributed by atoms with E-state index in [0.29, 0.717) is 31.5 Å². The van der Waals surface area contributed by atoms with E-state index in [0.717, 1.165) is 36.0 Å². The zero-order valence-corrected chi connectivity index (χ0v) is 18.8. The van der Waals surface area contributed by atoms with E-state index in [1.54, 1.807) is 36.4 Å². The molecule has 1 N–H and O–H groups in total. The van der Waals surface area contributed by atoms with E-state index in [9.17, 15) is 16.8 Å². The number of fused-ring (bicyclic) bond motifs is 1. The molecule has 1 heterocycles. The van der Waals surface area contributed by atoms with Gasteiger partial charge in [0.1, 0.15) is 0 Å². The quantitative estimate of drug-likeness (QED) is 0.754. The monoisotopic (exact) mass is 448 g/mol. The van der Waals surface area contributed by atoms with Gasteiger partial charge in [-0.2, -0.15) is 4.31 Å². The van der Waals surface area contributed by atoms with Crippen molar-refractivity contribution in [1.29, 1.82) is 0 Å². The summed E-state index contributed by atoms with van der Waals surface area (Å²) in [5, 5.41) is -0.347. The Labute approximate surface area is 179 Å². The fraction of sp³-hybridized carbons (Fsp3) is 0.455. The largest absolute Gasteiger partial charge is 0.283 e. The van der Waals surface area contributed by atoms with Gasteiger partial charge >= 0.3 is 0 Å². The first-order valence-corrected chi connectivity index (χ1v) is 13.4. The molecule has 30 heavy (non-hydrogen) atoms. The lowest BCUT2D eigenvalue weighted by molar-refractivity contribution is 0.391. The molecule has 8 heteroatoms. The van der Waals surface area contributed by atoms with Gasteiger partial charge in [-0.25, -0.2) is 16.8 Å². The van der Waals surface area contributed by atoms with Crippen LogP contribution in [0.15, 0.2) is 47.4 Å². The Hall–Kier alpha value is -1.90. The fourth-order valence-corrected chi connectivity index (χ4v) is 7.28. The molecule has 0 spiro atoms. The Kier molecular flexibility index (Phi) is 5.92. The Balaban J connectivity index is 1.54. The summed E-state index contributed by atoms with van der Waals surface area (Å²) < 4.78 is 55.8. The van der Waals surface area contributed by atoms with Gasteiger partial charge in [0.15, 0.2) is 0 Å². The first kappa shape index (κ1) is 21.3.